The van der Waals surface area contributed by atoms with Crippen molar-refractivity contribution >= 4 is 29.9 Å². The molecule has 100 valence electrons. The van der Waals surface area contributed by atoms with Crippen molar-refractivity contribution < 1.29 is 4.79 Å². The number of benzene rings is 1. The lowest BCUT2D eigenvalue weighted by Gasteiger charge is -2.36. The van der Waals surface area contributed by atoms with E-state index < -0.39 is 0 Å². The number of amides is 1. The van der Waals surface area contributed by atoms with Gasteiger partial charge in [-0.3, -0.25) is 4.79 Å². The molecule has 1 aliphatic heterocycles. The maximum atomic E-state index is 12.3. The second-order valence-electron chi connectivity index (χ2n) is 4.69. The molecule has 1 amide bonds. The van der Waals surface area contributed by atoms with E-state index in [1.54, 1.807) is 24.3 Å². The van der Waals surface area contributed by atoms with E-state index in [9.17, 15) is 4.79 Å². The highest BCUT2D eigenvalue weighted by molar-refractivity contribution is 6.30. The van der Waals surface area contributed by atoms with Crippen molar-refractivity contribution in [1.29, 1.82) is 0 Å². The van der Waals surface area contributed by atoms with E-state index in [0.717, 1.165) is 13.1 Å². The van der Waals surface area contributed by atoms with E-state index in [1.807, 2.05) is 4.90 Å². The van der Waals surface area contributed by atoms with Gasteiger partial charge in [0.15, 0.2) is 0 Å². The van der Waals surface area contributed by atoms with Crippen LogP contribution in [0.2, 0.25) is 5.02 Å². The van der Waals surface area contributed by atoms with Gasteiger partial charge >= 0.3 is 0 Å². The van der Waals surface area contributed by atoms with Crippen LogP contribution in [0.1, 0.15) is 24.2 Å². The molecule has 2 rings (SSSR count). The molecule has 1 saturated heterocycles. The topological polar surface area (TPSA) is 32.3 Å². The summed E-state index contributed by atoms with van der Waals surface area (Å²) in [4.78, 5) is 14.2. The Morgan fingerprint density at radius 1 is 1.22 bits per heavy atom. The third-order valence-corrected chi connectivity index (χ3v) is 3.19. The molecule has 0 spiro atoms. The van der Waals surface area contributed by atoms with Crippen LogP contribution in [0.15, 0.2) is 24.3 Å². The summed E-state index contributed by atoms with van der Waals surface area (Å²) in [6.45, 7) is 5.70. The summed E-state index contributed by atoms with van der Waals surface area (Å²) in [6, 6.07) is 7.75. The quantitative estimate of drug-likeness (QED) is 0.862. The van der Waals surface area contributed by atoms with Gasteiger partial charge in [-0.15, -0.1) is 12.4 Å². The molecule has 1 fully saturated rings. The molecule has 1 aromatic rings. The molecular weight excluding hydrogens is 271 g/mol. The average Bonchev–Trinajstić information content (AvgIpc) is 2.28. The molecule has 2 atom stereocenters. The summed E-state index contributed by atoms with van der Waals surface area (Å²) in [6.07, 6.45) is 0. The zero-order valence-electron chi connectivity index (χ0n) is 10.5. The molecule has 0 radical (unpaired) electrons. The molecule has 18 heavy (non-hydrogen) atoms. The Morgan fingerprint density at radius 3 is 2.22 bits per heavy atom. The molecule has 0 bridgehead atoms. The first-order valence-corrected chi connectivity index (χ1v) is 6.25. The summed E-state index contributed by atoms with van der Waals surface area (Å²) in [5.74, 6) is 0.0851. The van der Waals surface area contributed by atoms with Crippen LogP contribution < -0.4 is 5.32 Å². The molecule has 1 aliphatic rings. The number of nitrogens with one attached hydrogen (secondary N) is 1. The SMILES string of the molecule is CC1CN(C(=O)c2ccc(Cl)cc2)CC(C)N1.Cl. The number of halogens is 2. The fourth-order valence-corrected chi connectivity index (χ4v) is 2.39. The van der Waals surface area contributed by atoms with Crippen LogP contribution in [-0.2, 0) is 0 Å². The summed E-state index contributed by atoms with van der Waals surface area (Å²) in [7, 11) is 0. The van der Waals surface area contributed by atoms with Gasteiger partial charge < -0.3 is 10.2 Å². The Labute approximate surface area is 119 Å². The summed E-state index contributed by atoms with van der Waals surface area (Å²) in [5.41, 5.74) is 0.704. The predicted octanol–water partition coefficient (Wildman–Crippen LogP) is 2.58. The van der Waals surface area contributed by atoms with Crippen LogP contribution in [0.5, 0.6) is 0 Å². The third-order valence-electron chi connectivity index (χ3n) is 2.94. The Morgan fingerprint density at radius 2 is 1.72 bits per heavy atom. The molecule has 1 heterocycles. The number of carbonyl (C=O) groups excluding carboxylic acids is 1. The first-order chi connectivity index (χ1) is 8.06. The van der Waals surface area contributed by atoms with Gasteiger partial charge in [0.2, 0.25) is 0 Å². The van der Waals surface area contributed by atoms with E-state index in [-0.39, 0.29) is 18.3 Å². The number of rotatable bonds is 1. The van der Waals surface area contributed by atoms with E-state index in [1.165, 1.54) is 0 Å². The molecule has 0 aliphatic carbocycles. The average molecular weight is 289 g/mol. The first-order valence-electron chi connectivity index (χ1n) is 5.87. The Balaban J connectivity index is 0.00000162. The molecule has 1 N–H and O–H groups in total. The lowest BCUT2D eigenvalue weighted by molar-refractivity contribution is 0.0674. The molecule has 2 unspecified atom stereocenters. The van der Waals surface area contributed by atoms with Crippen LogP contribution in [0, 0.1) is 0 Å². The maximum Gasteiger partial charge on any atom is 0.253 e. The van der Waals surface area contributed by atoms with Crippen molar-refractivity contribution in [1.82, 2.24) is 10.2 Å². The summed E-state index contributed by atoms with van der Waals surface area (Å²) < 4.78 is 0. The van der Waals surface area contributed by atoms with Crippen molar-refractivity contribution in [3.63, 3.8) is 0 Å². The van der Waals surface area contributed by atoms with E-state index in [4.69, 9.17) is 11.6 Å². The second-order valence-corrected chi connectivity index (χ2v) is 5.12. The van der Waals surface area contributed by atoms with Gasteiger partial charge in [0.25, 0.3) is 5.91 Å². The highest BCUT2D eigenvalue weighted by Gasteiger charge is 2.25. The van der Waals surface area contributed by atoms with Gasteiger partial charge in [0.1, 0.15) is 0 Å². The zero-order valence-corrected chi connectivity index (χ0v) is 12.1. The zero-order chi connectivity index (χ0) is 12.4. The van der Waals surface area contributed by atoms with Gasteiger partial charge in [-0.05, 0) is 38.1 Å². The van der Waals surface area contributed by atoms with Crippen LogP contribution in [-0.4, -0.2) is 36.0 Å². The summed E-state index contributed by atoms with van der Waals surface area (Å²) in [5, 5.41) is 4.07. The normalized spacial score (nSPS) is 23.4. The van der Waals surface area contributed by atoms with E-state index in [0.29, 0.717) is 22.7 Å². The van der Waals surface area contributed by atoms with Crippen LogP contribution in [0.4, 0.5) is 0 Å². The second kappa shape index (κ2) is 6.41. The van der Waals surface area contributed by atoms with Crippen LogP contribution >= 0.6 is 24.0 Å². The minimum Gasteiger partial charge on any atom is -0.336 e. The Bertz CT molecular complexity index is 398. The third kappa shape index (κ3) is 3.61. The predicted molar refractivity (Wildman–Crippen MR) is 76.7 cm³/mol. The molecule has 1 aromatic carbocycles. The standard InChI is InChI=1S/C13H17ClN2O.ClH/c1-9-7-16(8-10(2)15-9)13(17)11-3-5-12(14)6-4-11;/h3-6,9-10,15H,7-8H2,1-2H3;1H. The number of hydrogen-bond donors (Lipinski definition) is 1. The largest absolute Gasteiger partial charge is 0.336 e. The summed E-state index contributed by atoms with van der Waals surface area (Å²) >= 11 is 5.81. The van der Waals surface area contributed by atoms with Crippen molar-refractivity contribution in [2.75, 3.05) is 13.1 Å². The van der Waals surface area contributed by atoms with Gasteiger partial charge in [-0.1, -0.05) is 11.6 Å². The van der Waals surface area contributed by atoms with E-state index >= 15 is 0 Å². The number of carbonyl (C=O) groups is 1. The first kappa shape index (κ1) is 15.3. The van der Waals surface area contributed by atoms with Crippen molar-refractivity contribution in [3.8, 4) is 0 Å². The van der Waals surface area contributed by atoms with E-state index in [2.05, 4.69) is 19.2 Å². The van der Waals surface area contributed by atoms with Crippen molar-refractivity contribution in [2.45, 2.75) is 25.9 Å². The lowest BCUT2D eigenvalue weighted by atomic mass is 10.1. The van der Waals surface area contributed by atoms with Crippen LogP contribution in [0.3, 0.4) is 0 Å². The van der Waals surface area contributed by atoms with Gasteiger partial charge in [0.05, 0.1) is 0 Å². The molecule has 0 aromatic heterocycles. The van der Waals surface area contributed by atoms with Gasteiger partial charge in [-0.2, -0.15) is 0 Å². The number of hydrogen-bond acceptors (Lipinski definition) is 2. The molecule has 3 nitrogen and oxygen atoms in total. The van der Waals surface area contributed by atoms with Gasteiger partial charge in [-0.25, -0.2) is 0 Å². The fourth-order valence-electron chi connectivity index (χ4n) is 2.27. The molecular formula is C13H18Cl2N2O. The maximum absolute atomic E-state index is 12.3. The highest BCUT2D eigenvalue weighted by atomic mass is 35.5. The number of piperazine rings is 1. The van der Waals surface area contributed by atoms with Crippen LogP contribution in [0.25, 0.3) is 0 Å². The Hall–Kier alpha value is -0.770. The fraction of sp³-hybridized carbons (Fsp3) is 0.462. The molecule has 0 saturated carbocycles. The minimum absolute atomic E-state index is 0. The van der Waals surface area contributed by atoms with Crippen molar-refractivity contribution in [3.05, 3.63) is 34.9 Å². The monoisotopic (exact) mass is 288 g/mol. The van der Waals surface area contributed by atoms with Crippen molar-refractivity contribution in [2.24, 2.45) is 0 Å². The highest BCUT2D eigenvalue weighted by Crippen LogP contribution is 2.13. The lowest BCUT2D eigenvalue weighted by Crippen LogP contribution is -2.55. The minimum atomic E-state index is 0. The smallest absolute Gasteiger partial charge is 0.253 e. The molecule has 5 heteroatoms. The number of nitrogens with zero attached hydrogens (tertiary/aromatic N) is 1. The van der Waals surface area contributed by atoms with Gasteiger partial charge in [0, 0.05) is 35.8 Å². The Kier molecular flexibility index (Phi) is 5.45.